The first-order valence-electron chi connectivity index (χ1n) is 12.4. The zero-order valence-corrected chi connectivity index (χ0v) is 22.4. The second-order valence-electron chi connectivity index (χ2n) is 9.37. The highest BCUT2D eigenvalue weighted by molar-refractivity contribution is 7.92. The zero-order valence-electron chi connectivity index (χ0n) is 21.6. The molecule has 0 bridgehead atoms. The summed E-state index contributed by atoms with van der Waals surface area (Å²) < 4.78 is 32.0. The summed E-state index contributed by atoms with van der Waals surface area (Å²) in [4.78, 5) is 28.6. The number of nitrogens with one attached hydrogen (secondary N) is 1. The number of anilines is 1. The lowest BCUT2D eigenvalue weighted by Crippen LogP contribution is -2.53. The number of amides is 2. The minimum Gasteiger partial charge on any atom is -0.495 e. The van der Waals surface area contributed by atoms with Gasteiger partial charge in [-0.1, -0.05) is 61.7 Å². The molecule has 0 aromatic heterocycles. The minimum atomic E-state index is -3.82. The molecule has 9 heteroatoms. The van der Waals surface area contributed by atoms with Crippen molar-refractivity contribution in [2.45, 2.75) is 64.6 Å². The molecular weight excluding hydrogens is 478 g/mol. The van der Waals surface area contributed by atoms with Crippen molar-refractivity contribution < 1.29 is 22.7 Å². The smallest absolute Gasteiger partial charge is 0.244 e. The van der Waals surface area contributed by atoms with Crippen LogP contribution in [0.25, 0.3) is 0 Å². The van der Waals surface area contributed by atoms with E-state index < -0.39 is 28.5 Å². The number of hydrogen-bond acceptors (Lipinski definition) is 5. The number of hydrogen-bond donors (Lipinski definition) is 1. The standard InChI is InChI=1S/C27H37N3O5S/c1-5-23(27(32)28-22-13-6-7-14-22)29(18-21-12-10-11-20(2)17-21)26(31)19-30(36(4,33)34)24-15-8-9-16-25(24)35-3/h8-12,15-17,22-23H,5-7,13-14,18-19H2,1-4H3,(H,28,32)/t23-/m0/s1. The molecule has 8 nitrogen and oxygen atoms in total. The van der Waals surface area contributed by atoms with Crippen molar-refractivity contribution in [3.63, 3.8) is 0 Å². The molecule has 1 aliphatic rings. The largest absolute Gasteiger partial charge is 0.495 e. The van der Waals surface area contributed by atoms with Crippen molar-refractivity contribution >= 4 is 27.5 Å². The minimum absolute atomic E-state index is 0.114. The lowest BCUT2D eigenvalue weighted by Gasteiger charge is -2.33. The predicted molar refractivity (Wildman–Crippen MR) is 141 cm³/mol. The van der Waals surface area contributed by atoms with Crippen LogP contribution in [0.1, 0.15) is 50.2 Å². The fourth-order valence-electron chi connectivity index (χ4n) is 4.72. The van der Waals surface area contributed by atoms with E-state index in [1.54, 1.807) is 24.3 Å². The van der Waals surface area contributed by atoms with E-state index in [1.807, 2.05) is 38.1 Å². The molecule has 0 heterocycles. The van der Waals surface area contributed by atoms with E-state index in [2.05, 4.69) is 5.32 Å². The van der Waals surface area contributed by atoms with E-state index in [1.165, 1.54) is 12.0 Å². The first-order valence-corrected chi connectivity index (χ1v) is 14.2. The summed E-state index contributed by atoms with van der Waals surface area (Å²) in [6, 6.07) is 13.8. The van der Waals surface area contributed by atoms with Crippen LogP contribution < -0.4 is 14.4 Å². The van der Waals surface area contributed by atoms with Crippen molar-refractivity contribution in [2.75, 3.05) is 24.2 Å². The van der Waals surface area contributed by atoms with E-state index in [4.69, 9.17) is 4.74 Å². The van der Waals surface area contributed by atoms with Gasteiger partial charge in [0.15, 0.2) is 0 Å². The Balaban J connectivity index is 1.95. The Kier molecular flexibility index (Phi) is 9.37. The molecule has 2 aromatic carbocycles. The maximum Gasteiger partial charge on any atom is 0.244 e. The fourth-order valence-corrected chi connectivity index (χ4v) is 5.58. The molecule has 36 heavy (non-hydrogen) atoms. The van der Waals surface area contributed by atoms with Crippen LogP contribution in [0.15, 0.2) is 48.5 Å². The first kappa shape index (κ1) is 27.5. The molecule has 0 unspecified atom stereocenters. The van der Waals surface area contributed by atoms with Gasteiger partial charge in [0.1, 0.15) is 18.3 Å². The van der Waals surface area contributed by atoms with Gasteiger partial charge in [-0.05, 0) is 43.9 Å². The number of methoxy groups -OCH3 is 1. The highest BCUT2D eigenvalue weighted by Gasteiger charge is 2.33. The van der Waals surface area contributed by atoms with Gasteiger partial charge < -0.3 is 15.0 Å². The highest BCUT2D eigenvalue weighted by Crippen LogP contribution is 2.30. The average Bonchev–Trinajstić information content (AvgIpc) is 3.34. The lowest BCUT2D eigenvalue weighted by atomic mass is 10.1. The Morgan fingerprint density at radius 3 is 2.42 bits per heavy atom. The number of nitrogens with zero attached hydrogens (tertiary/aromatic N) is 2. The van der Waals surface area contributed by atoms with Gasteiger partial charge in [0.2, 0.25) is 21.8 Å². The summed E-state index contributed by atoms with van der Waals surface area (Å²) in [6.45, 7) is 3.58. The average molecular weight is 516 g/mol. The van der Waals surface area contributed by atoms with Crippen LogP contribution in [0.4, 0.5) is 5.69 Å². The summed E-state index contributed by atoms with van der Waals surface area (Å²) in [5, 5.41) is 3.11. The van der Waals surface area contributed by atoms with Crippen molar-refractivity contribution in [1.82, 2.24) is 10.2 Å². The quantitative estimate of drug-likeness (QED) is 0.493. The Labute approximate surface area is 214 Å². The summed E-state index contributed by atoms with van der Waals surface area (Å²) in [7, 11) is -2.37. The molecular formula is C27H37N3O5S. The topological polar surface area (TPSA) is 96.0 Å². The van der Waals surface area contributed by atoms with Crippen LogP contribution in [0, 0.1) is 6.92 Å². The van der Waals surface area contributed by atoms with Crippen LogP contribution in [0.3, 0.4) is 0 Å². The van der Waals surface area contributed by atoms with Gasteiger partial charge in [0.25, 0.3) is 0 Å². The van der Waals surface area contributed by atoms with Crippen molar-refractivity contribution in [2.24, 2.45) is 0 Å². The van der Waals surface area contributed by atoms with Crippen LogP contribution in [0.5, 0.6) is 5.75 Å². The molecule has 1 fully saturated rings. The summed E-state index contributed by atoms with van der Waals surface area (Å²) in [6.07, 6.45) is 5.49. The summed E-state index contributed by atoms with van der Waals surface area (Å²) in [5.41, 5.74) is 2.18. The second-order valence-corrected chi connectivity index (χ2v) is 11.3. The third-order valence-corrected chi connectivity index (χ3v) is 7.68. The lowest BCUT2D eigenvalue weighted by molar-refractivity contribution is -0.140. The number of aryl methyl sites for hydroxylation is 1. The number of rotatable bonds is 11. The van der Waals surface area contributed by atoms with E-state index in [0.717, 1.165) is 47.4 Å². The molecule has 196 valence electrons. The fraction of sp³-hybridized carbons (Fsp3) is 0.481. The molecule has 1 saturated carbocycles. The first-order chi connectivity index (χ1) is 17.1. The highest BCUT2D eigenvalue weighted by atomic mass is 32.2. The van der Waals surface area contributed by atoms with Crippen molar-refractivity contribution in [1.29, 1.82) is 0 Å². The third-order valence-electron chi connectivity index (χ3n) is 6.56. The Hall–Kier alpha value is -3.07. The molecule has 0 radical (unpaired) electrons. The number of carbonyl (C=O) groups is 2. The second kappa shape index (κ2) is 12.3. The summed E-state index contributed by atoms with van der Waals surface area (Å²) >= 11 is 0. The molecule has 3 rings (SSSR count). The van der Waals surface area contributed by atoms with Crippen molar-refractivity contribution in [3.8, 4) is 5.75 Å². The van der Waals surface area contributed by atoms with Crippen LogP contribution >= 0.6 is 0 Å². The predicted octanol–water partition coefficient (Wildman–Crippen LogP) is 3.64. The van der Waals surface area contributed by atoms with Gasteiger partial charge in [-0.2, -0.15) is 0 Å². The Morgan fingerprint density at radius 1 is 1.11 bits per heavy atom. The van der Waals surface area contributed by atoms with Crippen molar-refractivity contribution in [3.05, 3.63) is 59.7 Å². The molecule has 0 spiro atoms. The SMILES string of the molecule is CC[C@@H](C(=O)NC1CCCC1)N(Cc1cccc(C)c1)C(=O)CN(c1ccccc1OC)S(C)(=O)=O. The number of ether oxygens (including phenoxy) is 1. The molecule has 1 aliphatic carbocycles. The zero-order chi connectivity index (χ0) is 26.3. The van der Waals surface area contributed by atoms with E-state index in [-0.39, 0.29) is 24.2 Å². The Bertz CT molecular complexity index is 1160. The van der Waals surface area contributed by atoms with E-state index in [9.17, 15) is 18.0 Å². The number of carbonyl (C=O) groups excluding carboxylic acids is 2. The van der Waals surface area contributed by atoms with Crippen LogP contribution in [0.2, 0.25) is 0 Å². The molecule has 1 N–H and O–H groups in total. The van der Waals surface area contributed by atoms with Gasteiger partial charge >= 0.3 is 0 Å². The van der Waals surface area contributed by atoms with Gasteiger partial charge in [-0.15, -0.1) is 0 Å². The molecule has 0 aliphatic heterocycles. The third kappa shape index (κ3) is 7.00. The van der Waals surface area contributed by atoms with Crippen LogP contribution in [-0.4, -0.2) is 57.1 Å². The molecule has 2 aromatic rings. The molecule has 1 atom stereocenters. The van der Waals surface area contributed by atoms with Gasteiger partial charge in [-0.3, -0.25) is 13.9 Å². The number of para-hydroxylation sites is 2. The van der Waals surface area contributed by atoms with Gasteiger partial charge in [-0.25, -0.2) is 8.42 Å². The Morgan fingerprint density at radius 2 is 1.81 bits per heavy atom. The maximum absolute atomic E-state index is 13.8. The normalized spacial score (nSPS) is 14.8. The van der Waals surface area contributed by atoms with E-state index in [0.29, 0.717) is 12.2 Å². The summed E-state index contributed by atoms with van der Waals surface area (Å²) in [5.74, 6) is -0.318. The monoisotopic (exact) mass is 515 g/mol. The maximum atomic E-state index is 13.8. The number of benzene rings is 2. The van der Waals surface area contributed by atoms with Gasteiger partial charge in [0.05, 0.1) is 19.1 Å². The molecule has 2 amide bonds. The van der Waals surface area contributed by atoms with Crippen LogP contribution in [-0.2, 0) is 26.2 Å². The number of sulfonamides is 1. The molecule has 0 saturated heterocycles. The van der Waals surface area contributed by atoms with E-state index >= 15 is 0 Å². The van der Waals surface area contributed by atoms with Gasteiger partial charge in [0, 0.05) is 12.6 Å².